The molecule has 0 aliphatic heterocycles. The molecule has 1 aromatic heterocycles. The largest absolute Gasteiger partial charge is 0.497 e. The van der Waals surface area contributed by atoms with Crippen molar-refractivity contribution in [3.05, 3.63) is 101 Å². The van der Waals surface area contributed by atoms with Crippen molar-refractivity contribution in [2.75, 3.05) is 14.2 Å². The average molecular weight is 543 g/mol. The summed E-state index contributed by atoms with van der Waals surface area (Å²) in [6.45, 7) is 0.226. The Kier molecular flexibility index (Phi) is 7.80. The van der Waals surface area contributed by atoms with E-state index in [4.69, 9.17) is 14.9 Å². The number of carbonyl (C=O) groups excluding carboxylic acids is 1. The lowest BCUT2D eigenvalue weighted by Crippen LogP contribution is -2.24. The molecule has 0 atom stereocenters. The second-order valence-electron chi connectivity index (χ2n) is 8.87. The molecule has 1 heterocycles. The maximum absolute atomic E-state index is 13.8. The van der Waals surface area contributed by atoms with Gasteiger partial charge in [-0.15, -0.1) is 0 Å². The smallest absolute Gasteiger partial charge is 0.417 e. The molecule has 0 radical (unpaired) electrons. The first-order chi connectivity index (χ1) is 18.5. The van der Waals surface area contributed by atoms with Crippen LogP contribution in [0.2, 0.25) is 0 Å². The summed E-state index contributed by atoms with van der Waals surface area (Å²) in [5.74, 6) is -0.484. The maximum atomic E-state index is 13.8. The zero-order valence-corrected chi connectivity index (χ0v) is 21.4. The Morgan fingerprint density at radius 1 is 0.949 bits per heavy atom. The number of hydrogen-bond acceptors (Lipinski definition) is 4. The van der Waals surface area contributed by atoms with Crippen LogP contribution in [0.5, 0.6) is 11.5 Å². The Morgan fingerprint density at radius 3 is 2.23 bits per heavy atom. The number of rotatable bonds is 8. The Morgan fingerprint density at radius 2 is 1.64 bits per heavy atom. The first-order valence-electron chi connectivity index (χ1n) is 11.8. The molecule has 2 N–H and O–H groups in total. The Bertz CT molecular complexity index is 1550. The lowest BCUT2D eigenvalue weighted by Gasteiger charge is -2.16. The molecule has 1 amide bonds. The van der Waals surface area contributed by atoms with Crippen LogP contribution in [0.3, 0.4) is 0 Å². The highest BCUT2D eigenvalue weighted by Crippen LogP contribution is 2.38. The van der Waals surface area contributed by atoms with Gasteiger partial charge in [-0.1, -0.05) is 6.07 Å². The number of methoxy groups -OCH3 is 2. The van der Waals surface area contributed by atoms with Crippen molar-refractivity contribution in [3.63, 3.8) is 0 Å². The van der Waals surface area contributed by atoms with Gasteiger partial charge in [-0.2, -0.15) is 13.2 Å². The molecular weight excluding hydrogens is 516 g/mol. The highest BCUT2D eigenvalue weighted by molar-refractivity contribution is 5.96. The number of aromatic nitrogens is 2. The zero-order chi connectivity index (χ0) is 28.3. The third-order valence-corrected chi connectivity index (χ3v) is 6.15. The van der Waals surface area contributed by atoms with Gasteiger partial charge in [-0.3, -0.25) is 10.2 Å². The molecule has 39 heavy (non-hydrogen) atoms. The highest BCUT2D eigenvalue weighted by atomic mass is 19.4. The average Bonchev–Trinajstić information content (AvgIpc) is 3.22. The third kappa shape index (κ3) is 6.31. The summed E-state index contributed by atoms with van der Waals surface area (Å²) in [4.78, 5) is 13.2. The zero-order valence-electron chi connectivity index (χ0n) is 21.4. The van der Waals surface area contributed by atoms with E-state index in [-0.39, 0.29) is 35.4 Å². The molecule has 4 rings (SSSR count). The van der Waals surface area contributed by atoms with Crippen LogP contribution < -0.4 is 20.4 Å². The first-order valence-corrected chi connectivity index (χ1v) is 11.8. The molecular formula is C28H26F4N4O3. The van der Waals surface area contributed by atoms with Gasteiger partial charge in [0.15, 0.2) is 0 Å². The summed E-state index contributed by atoms with van der Waals surface area (Å²) in [7, 11) is 4.69. The van der Waals surface area contributed by atoms with E-state index >= 15 is 0 Å². The minimum absolute atomic E-state index is 0.0936. The van der Waals surface area contributed by atoms with Gasteiger partial charge in [0.05, 0.1) is 26.3 Å². The third-order valence-electron chi connectivity index (χ3n) is 6.15. The summed E-state index contributed by atoms with van der Waals surface area (Å²) in [6.07, 6.45) is -1.49. The number of imidazole rings is 1. The number of aryl methyl sites for hydroxylation is 1. The number of ether oxygens (including phenoxy) is 2. The summed E-state index contributed by atoms with van der Waals surface area (Å²) >= 11 is 0. The molecule has 0 aliphatic rings. The topological polar surface area (TPSA) is 81.3 Å². The number of alkyl halides is 3. The number of nitrogens with zero attached hydrogens (tertiary/aromatic N) is 2. The molecule has 7 nitrogen and oxygen atoms in total. The van der Waals surface area contributed by atoms with E-state index in [1.165, 1.54) is 26.4 Å². The fourth-order valence-corrected chi connectivity index (χ4v) is 4.17. The Balaban J connectivity index is 1.74. The van der Waals surface area contributed by atoms with Gasteiger partial charge in [0.25, 0.3) is 5.91 Å². The van der Waals surface area contributed by atoms with Crippen LogP contribution in [0.4, 0.5) is 17.6 Å². The minimum atomic E-state index is -4.82. The summed E-state index contributed by atoms with van der Waals surface area (Å²) < 4.78 is 68.9. The maximum Gasteiger partial charge on any atom is 0.417 e. The van der Waals surface area contributed by atoms with E-state index in [0.717, 1.165) is 12.1 Å². The van der Waals surface area contributed by atoms with Gasteiger partial charge in [0.1, 0.15) is 17.3 Å². The van der Waals surface area contributed by atoms with E-state index < -0.39 is 23.5 Å². The molecule has 204 valence electrons. The number of halogens is 4. The van der Waals surface area contributed by atoms with E-state index in [1.807, 2.05) is 0 Å². The molecule has 0 bridgehead atoms. The van der Waals surface area contributed by atoms with Crippen molar-refractivity contribution in [1.29, 1.82) is 5.41 Å². The molecule has 0 aliphatic carbocycles. The van der Waals surface area contributed by atoms with Gasteiger partial charge in [0, 0.05) is 37.6 Å². The van der Waals surface area contributed by atoms with Gasteiger partial charge in [-0.05, 0) is 64.7 Å². The van der Waals surface area contributed by atoms with Crippen LogP contribution in [0.25, 0.3) is 11.1 Å². The molecule has 0 fully saturated rings. The van der Waals surface area contributed by atoms with Crippen molar-refractivity contribution in [3.8, 4) is 22.6 Å². The quantitative estimate of drug-likeness (QED) is 0.303. The van der Waals surface area contributed by atoms with Crippen molar-refractivity contribution >= 4 is 5.91 Å². The predicted molar refractivity (Wildman–Crippen MR) is 136 cm³/mol. The normalized spacial score (nSPS) is 11.4. The fourth-order valence-electron chi connectivity index (χ4n) is 4.17. The van der Waals surface area contributed by atoms with Crippen LogP contribution in [0.1, 0.15) is 27.0 Å². The summed E-state index contributed by atoms with van der Waals surface area (Å²) in [6, 6.07) is 12.0. The second-order valence-corrected chi connectivity index (χ2v) is 8.87. The van der Waals surface area contributed by atoms with Crippen LogP contribution in [-0.4, -0.2) is 29.3 Å². The number of nitrogens with one attached hydrogen (secondary N) is 2. The predicted octanol–water partition coefficient (Wildman–Crippen LogP) is 5.13. The number of hydrogen-bond donors (Lipinski definition) is 2. The lowest BCUT2D eigenvalue weighted by molar-refractivity contribution is -0.137. The number of carbonyl (C=O) groups is 1. The number of benzene rings is 3. The van der Waals surface area contributed by atoms with E-state index in [9.17, 15) is 22.4 Å². The monoisotopic (exact) mass is 542 g/mol. The van der Waals surface area contributed by atoms with Gasteiger partial charge in [0.2, 0.25) is 5.62 Å². The molecule has 4 aromatic rings. The molecule has 0 unspecified atom stereocenters. The van der Waals surface area contributed by atoms with Gasteiger partial charge >= 0.3 is 6.18 Å². The number of amides is 1. The summed E-state index contributed by atoms with van der Waals surface area (Å²) in [5.41, 5.74) is 0.130. The van der Waals surface area contributed by atoms with Crippen LogP contribution in [0.15, 0.2) is 67.0 Å². The van der Waals surface area contributed by atoms with Gasteiger partial charge < -0.3 is 23.9 Å². The summed E-state index contributed by atoms with van der Waals surface area (Å²) in [5, 5.41) is 11.0. The molecule has 0 spiro atoms. The van der Waals surface area contributed by atoms with Crippen molar-refractivity contribution in [1.82, 2.24) is 14.5 Å². The SMILES string of the molecule is COc1cc(CNC(=O)c2cc(Cn3ccn(C)c3=N)cc(-c3ccc(F)cc3C(F)(F)F)c2)cc(OC)c1. The molecule has 11 heteroatoms. The molecule has 0 saturated carbocycles. The lowest BCUT2D eigenvalue weighted by atomic mass is 9.95. The van der Waals surface area contributed by atoms with Gasteiger partial charge in [-0.25, -0.2) is 4.39 Å². The van der Waals surface area contributed by atoms with Crippen molar-refractivity contribution < 1.29 is 31.8 Å². The van der Waals surface area contributed by atoms with Crippen LogP contribution in [0, 0.1) is 11.2 Å². The molecule has 0 saturated heterocycles. The second kappa shape index (κ2) is 11.1. The fraction of sp³-hybridized carbons (Fsp3) is 0.214. The Hall–Kier alpha value is -4.54. The van der Waals surface area contributed by atoms with E-state index in [2.05, 4.69) is 5.32 Å². The molecule has 3 aromatic carbocycles. The van der Waals surface area contributed by atoms with Crippen molar-refractivity contribution in [2.45, 2.75) is 19.3 Å². The highest BCUT2D eigenvalue weighted by Gasteiger charge is 2.34. The van der Waals surface area contributed by atoms with Crippen LogP contribution in [-0.2, 0) is 26.3 Å². The minimum Gasteiger partial charge on any atom is -0.497 e. The van der Waals surface area contributed by atoms with Crippen molar-refractivity contribution in [2.24, 2.45) is 7.05 Å². The Labute approximate surface area is 221 Å². The first kappa shape index (κ1) is 27.5. The van der Waals surface area contributed by atoms with Crippen LogP contribution >= 0.6 is 0 Å². The van der Waals surface area contributed by atoms with E-state index in [1.54, 1.807) is 52.8 Å². The standard InChI is InChI=1S/C28H26F4N4O3/c1-35-6-7-36(27(35)33)16-18-8-19(24-5-4-21(29)13-25(24)28(30,31)32)12-20(9-18)26(37)34-15-17-10-22(38-2)14-23(11-17)39-3/h4-14,33H,15-16H2,1-3H3,(H,34,37). The van der Waals surface area contributed by atoms with E-state index in [0.29, 0.717) is 28.7 Å².